The lowest BCUT2D eigenvalue weighted by Gasteiger charge is -1.98. The van der Waals surface area contributed by atoms with Crippen LogP contribution in [0.15, 0.2) is 6.20 Å². The summed E-state index contributed by atoms with van der Waals surface area (Å²) in [5, 5.41) is 4.24. The van der Waals surface area contributed by atoms with Crippen molar-refractivity contribution >= 4 is 0 Å². The minimum absolute atomic E-state index is 0.711. The maximum absolute atomic E-state index is 4.24. The number of nitrogens with zero attached hydrogens (tertiary/aromatic N) is 2. The van der Waals surface area contributed by atoms with Crippen LogP contribution < -0.4 is 0 Å². The van der Waals surface area contributed by atoms with Crippen LogP contribution in [0.25, 0.3) is 0 Å². The summed E-state index contributed by atoms with van der Waals surface area (Å²) in [6.45, 7) is 6.78. The van der Waals surface area contributed by atoms with E-state index in [4.69, 9.17) is 0 Å². The van der Waals surface area contributed by atoms with E-state index in [0.717, 1.165) is 6.42 Å². The fourth-order valence-electron chi connectivity index (χ4n) is 1.15. The van der Waals surface area contributed by atoms with E-state index in [1.54, 1.807) is 0 Å². The molecule has 64 valence electrons. The molecule has 1 rings (SSSR count). The van der Waals surface area contributed by atoms with Crippen LogP contribution in [0.5, 0.6) is 0 Å². The Morgan fingerprint density at radius 3 is 2.83 bits per heavy atom. The largest absolute Gasteiger partial charge is 0.258 e. The van der Waals surface area contributed by atoms with Crippen molar-refractivity contribution in [3.63, 3.8) is 0 Å². The highest BCUT2D eigenvalue weighted by Gasteiger charge is 2.01. The Hall–Kier alpha value is -1.23. The quantitative estimate of drug-likeness (QED) is 0.606. The Bertz CT molecular complexity index is 312. The highest BCUT2D eigenvalue weighted by molar-refractivity contribution is 5.16. The first-order valence-electron chi connectivity index (χ1n) is 4.20. The highest BCUT2D eigenvalue weighted by Crippen LogP contribution is 2.06. The average molecular weight is 162 g/mol. The maximum Gasteiger partial charge on any atom is 0.102 e. The van der Waals surface area contributed by atoms with Crippen LogP contribution in [0.3, 0.4) is 0 Å². The molecule has 1 aromatic heterocycles. The molecule has 0 aliphatic rings. The van der Waals surface area contributed by atoms with Crippen molar-refractivity contribution in [2.45, 2.75) is 33.7 Å². The molecule has 0 aliphatic carbocycles. The summed E-state index contributed by atoms with van der Waals surface area (Å²) in [5.41, 5.74) is 2.55. The number of hydrogen-bond acceptors (Lipinski definition) is 1. The second-order valence-corrected chi connectivity index (χ2v) is 2.69. The van der Waals surface area contributed by atoms with Crippen LogP contribution >= 0.6 is 0 Å². The van der Waals surface area contributed by atoms with Gasteiger partial charge < -0.3 is 0 Å². The number of rotatable bonds is 2. The standard InChI is InChI=1S/C10H14N2/c1-4-6-7-12-9(3)10(5-2)8-11-12/h8H,5,7H2,1-3H3. The molecule has 0 radical (unpaired) electrons. The summed E-state index contributed by atoms with van der Waals surface area (Å²) in [6, 6.07) is 0. The van der Waals surface area contributed by atoms with Crippen molar-refractivity contribution in [1.82, 2.24) is 9.78 Å². The predicted octanol–water partition coefficient (Wildman–Crippen LogP) is 1.78. The molecule has 0 amide bonds. The Morgan fingerprint density at radius 2 is 2.33 bits per heavy atom. The summed E-state index contributed by atoms with van der Waals surface area (Å²) in [5.74, 6) is 5.85. The van der Waals surface area contributed by atoms with Crippen LogP contribution in [-0.2, 0) is 13.0 Å². The van der Waals surface area contributed by atoms with Crippen molar-refractivity contribution in [3.8, 4) is 11.8 Å². The van der Waals surface area contributed by atoms with Crippen LogP contribution in [0.4, 0.5) is 0 Å². The molecule has 0 spiro atoms. The van der Waals surface area contributed by atoms with Gasteiger partial charge in [-0.15, -0.1) is 5.92 Å². The van der Waals surface area contributed by atoms with Crippen molar-refractivity contribution in [2.75, 3.05) is 0 Å². The van der Waals surface area contributed by atoms with Crippen molar-refractivity contribution in [3.05, 3.63) is 17.5 Å². The Labute approximate surface area is 73.6 Å². The molecule has 0 aromatic carbocycles. The van der Waals surface area contributed by atoms with E-state index in [0.29, 0.717) is 6.54 Å². The Morgan fingerprint density at radius 1 is 1.58 bits per heavy atom. The molecule has 0 unspecified atom stereocenters. The number of hydrogen-bond donors (Lipinski definition) is 0. The molecule has 0 saturated heterocycles. The van der Waals surface area contributed by atoms with Crippen LogP contribution in [0.2, 0.25) is 0 Å². The van der Waals surface area contributed by atoms with Crippen molar-refractivity contribution in [1.29, 1.82) is 0 Å². The van der Waals surface area contributed by atoms with Gasteiger partial charge in [0.15, 0.2) is 0 Å². The van der Waals surface area contributed by atoms with Gasteiger partial charge in [0.25, 0.3) is 0 Å². The predicted molar refractivity (Wildman–Crippen MR) is 49.8 cm³/mol. The lowest BCUT2D eigenvalue weighted by atomic mass is 10.2. The fraction of sp³-hybridized carbons (Fsp3) is 0.500. The molecule has 0 atom stereocenters. The van der Waals surface area contributed by atoms with Gasteiger partial charge in [0.2, 0.25) is 0 Å². The fourth-order valence-corrected chi connectivity index (χ4v) is 1.15. The van der Waals surface area contributed by atoms with Gasteiger partial charge in [-0.1, -0.05) is 12.8 Å². The van der Waals surface area contributed by atoms with Crippen LogP contribution in [0.1, 0.15) is 25.1 Å². The number of aromatic nitrogens is 2. The van der Waals surface area contributed by atoms with Gasteiger partial charge in [-0.3, -0.25) is 4.68 Å². The molecule has 12 heavy (non-hydrogen) atoms. The Kier molecular flexibility index (Phi) is 2.93. The summed E-state index contributed by atoms with van der Waals surface area (Å²) in [7, 11) is 0. The summed E-state index contributed by atoms with van der Waals surface area (Å²) in [6.07, 6.45) is 2.97. The summed E-state index contributed by atoms with van der Waals surface area (Å²) in [4.78, 5) is 0. The van der Waals surface area contributed by atoms with Gasteiger partial charge in [-0.2, -0.15) is 5.10 Å². The molecule has 0 bridgehead atoms. The Balaban J connectivity index is 2.84. The van der Waals surface area contributed by atoms with E-state index in [9.17, 15) is 0 Å². The van der Waals surface area contributed by atoms with Crippen LogP contribution in [-0.4, -0.2) is 9.78 Å². The zero-order valence-corrected chi connectivity index (χ0v) is 7.89. The first-order valence-corrected chi connectivity index (χ1v) is 4.20. The van der Waals surface area contributed by atoms with E-state index in [2.05, 4.69) is 30.8 Å². The monoisotopic (exact) mass is 162 g/mol. The van der Waals surface area contributed by atoms with E-state index < -0.39 is 0 Å². The molecule has 1 heterocycles. The van der Waals surface area contributed by atoms with Crippen molar-refractivity contribution in [2.24, 2.45) is 0 Å². The van der Waals surface area contributed by atoms with Gasteiger partial charge in [0.1, 0.15) is 6.54 Å². The zero-order chi connectivity index (χ0) is 8.97. The maximum atomic E-state index is 4.24. The summed E-state index contributed by atoms with van der Waals surface area (Å²) < 4.78 is 1.94. The molecule has 0 aliphatic heterocycles. The van der Waals surface area contributed by atoms with E-state index in [1.807, 2.05) is 17.8 Å². The van der Waals surface area contributed by atoms with Crippen LogP contribution in [0, 0.1) is 18.8 Å². The van der Waals surface area contributed by atoms with E-state index >= 15 is 0 Å². The third-order valence-corrected chi connectivity index (χ3v) is 1.99. The third-order valence-electron chi connectivity index (χ3n) is 1.99. The number of aryl methyl sites for hydroxylation is 1. The smallest absolute Gasteiger partial charge is 0.102 e. The first-order chi connectivity index (χ1) is 5.79. The minimum Gasteiger partial charge on any atom is -0.258 e. The molecular weight excluding hydrogens is 148 g/mol. The molecule has 2 heteroatoms. The van der Waals surface area contributed by atoms with E-state index in [1.165, 1.54) is 11.3 Å². The molecule has 0 N–H and O–H groups in total. The first kappa shape index (κ1) is 8.86. The minimum atomic E-state index is 0.711. The SMILES string of the molecule is CC#CCn1ncc(CC)c1C. The molecular formula is C10H14N2. The van der Waals surface area contributed by atoms with Crippen molar-refractivity contribution < 1.29 is 0 Å². The van der Waals surface area contributed by atoms with Gasteiger partial charge in [0.05, 0.1) is 6.20 Å². The second-order valence-electron chi connectivity index (χ2n) is 2.69. The van der Waals surface area contributed by atoms with Gasteiger partial charge >= 0.3 is 0 Å². The molecule has 0 fully saturated rings. The molecule has 1 aromatic rings. The van der Waals surface area contributed by atoms with E-state index in [-0.39, 0.29) is 0 Å². The highest BCUT2D eigenvalue weighted by atomic mass is 15.3. The average Bonchev–Trinajstić information content (AvgIpc) is 2.43. The topological polar surface area (TPSA) is 17.8 Å². The van der Waals surface area contributed by atoms with Gasteiger partial charge in [-0.05, 0) is 25.8 Å². The normalized spacial score (nSPS) is 9.25. The zero-order valence-electron chi connectivity index (χ0n) is 7.89. The lowest BCUT2D eigenvalue weighted by Crippen LogP contribution is -2.00. The second kappa shape index (κ2) is 3.96. The van der Waals surface area contributed by atoms with Gasteiger partial charge in [-0.25, -0.2) is 0 Å². The molecule has 0 saturated carbocycles. The lowest BCUT2D eigenvalue weighted by molar-refractivity contribution is 0.689. The molecule has 2 nitrogen and oxygen atoms in total. The third kappa shape index (κ3) is 1.68. The summed E-state index contributed by atoms with van der Waals surface area (Å²) >= 11 is 0. The van der Waals surface area contributed by atoms with Gasteiger partial charge in [0, 0.05) is 5.69 Å².